The van der Waals surface area contributed by atoms with Gasteiger partial charge in [-0.15, -0.1) is 0 Å². The molecule has 7 N–H and O–H groups in total. The van der Waals surface area contributed by atoms with Crippen molar-refractivity contribution in [1.82, 2.24) is 10.6 Å². The van der Waals surface area contributed by atoms with E-state index in [4.69, 9.17) is 16.6 Å². The molecule has 9 heteroatoms. The summed E-state index contributed by atoms with van der Waals surface area (Å²) in [7, 11) is 0. The summed E-state index contributed by atoms with van der Waals surface area (Å²) < 4.78 is 0. The predicted octanol–water partition coefficient (Wildman–Crippen LogP) is -2.51. The van der Waals surface area contributed by atoms with Crippen molar-refractivity contribution in [3.05, 3.63) is 0 Å². The van der Waals surface area contributed by atoms with Crippen molar-refractivity contribution in [1.29, 1.82) is 0 Å². The van der Waals surface area contributed by atoms with Crippen molar-refractivity contribution in [3.63, 3.8) is 0 Å². The van der Waals surface area contributed by atoms with Gasteiger partial charge in [-0.1, -0.05) is 0 Å². The van der Waals surface area contributed by atoms with Gasteiger partial charge in [0, 0.05) is 0 Å². The first-order chi connectivity index (χ1) is 7.73. The molecule has 2 atom stereocenters. The third-order valence-electron chi connectivity index (χ3n) is 1.78. The summed E-state index contributed by atoms with van der Waals surface area (Å²) in [5.74, 6) is -3.06. The van der Waals surface area contributed by atoms with Crippen molar-refractivity contribution in [2.24, 2.45) is 11.5 Å². The van der Waals surface area contributed by atoms with Crippen molar-refractivity contribution in [2.75, 3.05) is 0 Å². The molecule has 0 aliphatic heterocycles. The van der Waals surface area contributed by atoms with Crippen molar-refractivity contribution >= 4 is 23.8 Å². The summed E-state index contributed by atoms with van der Waals surface area (Å²) in [6.45, 7) is 1.33. The summed E-state index contributed by atoms with van der Waals surface area (Å²) in [6, 6.07) is -3.34. The molecule has 17 heavy (non-hydrogen) atoms. The maximum Gasteiger partial charge on any atom is 0.326 e. The van der Waals surface area contributed by atoms with Gasteiger partial charge in [0.15, 0.2) is 0 Å². The number of carbonyl (C=O) groups excluding carboxylic acids is 3. The molecule has 0 aliphatic rings. The second-order valence-corrected chi connectivity index (χ2v) is 3.30. The number of urea groups is 1. The molecule has 0 aromatic carbocycles. The zero-order valence-electron chi connectivity index (χ0n) is 9.10. The standard InChI is InChI=1S/C8H14N4O5/c1-3(6(10)14)11-8(17)12-4(7(15)16)2-5(9)13/h3-4H,2H2,1H3,(H2,9,13)(H2,10,14)(H,15,16)(H2,11,12,17)/t3?,4-/m0/s1. The highest BCUT2D eigenvalue weighted by Gasteiger charge is 2.23. The first-order valence-electron chi connectivity index (χ1n) is 4.61. The smallest absolute Gasteiger partial charge is 0.326 e. The Kier molecular flexibility index (Phi) is 5.44. The molecule has 4 amide bonds. The van der Waals surface area contributed by atoms with Gasteiger partial charge in [-0.2, -0.15) is 0 Å². The van der Waals surface area contributed by atoms with Crippen LogP contribution in [0.25, 0.3) is 0 Å². The van der Waals surface area contributed by atoms with Gasteiger partial charge in [-0.05, 0) is 6.92 Å². The minimum absolute atomic E-state index is 0.548. The van der Waals surface area contributed by atoms with E-state index in [1.807, 2.05) is 5.32 Å². The number of carbonyl (C=O) groups is 4. The lowest BCUT2D eigenvalue weighted by atomic mass is 10.2. The highest BCUT2D eigenvalue weighted by atomic mass is 16.4. The lowest BCUT2D eigenvalue weighted by Gasteiger charge is -2.15. The van der Waals surface area contributed by atoms with E-state index in [0.717, 1.165) is 0 Å². The van der Waals surface area contributed by atoms with Crippen LogP contribution in [-0.4, -0.2) is 41.0 Å². The first kappa shape index (κ1) is 14.7. The average Bonchev–Trinajstić information content (AvgIpc) is 2.15. The zero-order valence-corrected chi connectivity index (χ0v) is 9.10. The zero-order chi connectivity index (χ0) is 13.6. The van der Waals surface area contributed by atoms with Crippen molar-refractivity contribution in [3.8, 4) is 0 Å². The number of hydrogen-bond donors (Lipinski definition) is 5. The molecule has 0 aromatic heterocycles. The number of primary amides is 2. The first-order valence-corrected chi connectivity index (χ1v) is 4.61. The molecule has 0 aliphatic carbocycles. The van der Waals surface area contributed by atoms with Gasteiger partial charge in [-0.25, -0.2) is 9.59 Å². The molecule has 0 rings (SSSR count). The number of rotatable bonds is 6. The second-order valence-electron chi connectivity index (χ2n) is 3.30. The minimum atomic E-state index is -1.45. The molecule has 96 valence electrons. The SMILES string of the molecule is CC(NC(=O)N[C@@H](CC(N)=O)C(=O)O)C(N)=O. The molecule has 1 unspecified atom stereocenters. The fraction of sp³-hybridized carbons (Fsp3) is 0.500. The maximum atomic E-state index is 11.2. The van der Waals surface area contributed by atoms with E-state index < -0.39 is 42.3 Å². The van der Waals surface area contributed by atoms with E-state index in [9.17, 15) is 19.2 Å². The predicted molar refractivity (Wildman–Crippen MR) is 55.6 cm³/mol. The van der Waals surface area contributed by atoms with Gasteiger partial charge in [-0.3, -0.25) is 9.59 Å². The van der Waals surface area contributed by atoms with Gasteiger partial charge in [0.05, 0.1) is 6.42 Å². The summed E-state index contributed by atoms with van der Waals surface area (Å²) in [6.07, 6.45) is -0.548. The maximum absolute atomic E-state index is 11.2. The number of aliphatic carboxylic acids is 1. The third kappa shape index (κ3) is 5.97. The Morgan fingerprint density at radius 3 is 2.06 bits per heavy atom. The Bertz CT molecular complexity index is 343. The Labute approximate surface area is 96.5 Å². The number of carboxylic acids is 1. The molecular weight excluding hydrogens is 232 g/mol. The lowest BCUT2D eigenvalue weighted by molar-refractivity contribution is -0.140. The van der Waals surface area contributed by atoms with Gasteiger partial charge < -0.3 is 27.2 Å². The number of hydrogen-bond acceptors (Lipinski definition) is 4. The highest BCUT2D eigenvalue weighted by Crippen LogP contribution is 1.92. The molecule has 9 nitrogen and oxygen atoms in total. The van der Waals surface area contributed by atoms with E-state index in [1.54, 1.807) is 0 Å². The van der Waals surface area contributed by atoms with Crippen LogP contribution in [0.1, 0.15) is 13.3 Å². The van der Waals surface area contributed by atoms with E-state index in [2.05, 4.69) is 5.32 Å². The van der Waals surface area contributed by atoms with E-state index in [-0.39, 0.29) is 0 Å². The Morgan fingerprint density at radius 1 is 1.18 bits per heavy atom. The summed E-state index contributed by atoms with van der Waals surface area (Å²) in [5.41, 5.74) is 9.69. The van der Waals surface area contributed by atoms with Crippen LogP contribution in [0.5, 0.6) is 0 Å². The van der Waals surface area contributed by atoms with Crippen LogP contribution in [0.4, 0.5) is 4.79 Å². The normalized spacial score (nSPS) is 13.2. The molecule has 0 spiro atoms. The quantitative estimate of drug-likeness (QED) is 0.348. The lowest BCUT2D eigenvalue weighted by Crippen LogP contribution is -2.52. The second kappa shape index (κ2) is 6.30. The van der Waals surface area contributed by atoms with Crippen LogP contribution in [0.15, 0.2) is 0 Å². The number of nitrogens with two attached hydrogens (primary N) is 2. The summed E-state index contributed by atoms with van der Waals surface area (Å²) >= 11 is 0. The average molecular weight is 246 g/mol. The van der Waals surface area contributed by atoms with Crippen LogP contribution in [-0.2, 0) is 14.4 Å². The number of amides is 4. The van der Waals surface area contributed by atoms with Crippen molar-refractivity contribution in [2.45, 2.75) is 25.4 Å². The Balaban J connectivity index is 4.36. The van der Waals surface area contributed by atoms with Crippen molar-refractivity contribution < 1.29 is 24.3 Å². The van der Waals surface area contributed by atoms with E-state index >= 15 is 0 Å². The van der Waals surface area contributed by atoms with Crippen LogP contribution in [0.2, 0.25) is 0 Å². The van der Waals surface area contributed by atoms with Gasteiger partial charge >= 0.3 is 12.0 Å². The fourth-order valence-corrected chi connectivity index (χ4v) is 0.869. The molecule has 0 aromatic rings. The molecule has 0 heterocycles. The molecule has 0 bridgehead atoms. The van der Waals surface area contributed by atoms with Crippen LogP contribution in [0, 0.1) is 0 Å². The monoisotopic (exact) mass is 246 g/mol. The topological polar surface area (TPSA) is 165 Å². The molecule has 0 saturated carbocycles. The van der Waals surface area contributed by atoms with E-state index in [1.165, 1.54) is 6.92 Å². The van der Waals surface area contributed by atoms with Crippen LogP contribution in [0.3, 0.4) is 0 Å². The minimum Gasteiger partial charge on any atom is -0.480 e. The third-order valence-corrected chi connectivity index (χ3v) is 1.78. The van der Waals surface area contributed by atoms with Crippen LogP contribution < -0.4 is 22.1 Å². The van der Waals surface area contributed by atoms with Gasteiger partial charge in [0.2, 0.25) is 11.8 Å². The van der Waals surface area contributed by atoms with Gasteiger partial charge in [0.25, 0.3) is 0 Å². The highest BCUT2D eigenvalue weighted by molar-refractivity contribution is 5.89. The molecular formula is C8H14N4O5. The Hall–Kier alpha value is -2.32. The molecule has 0 radical (unpaired) electrons. The molecule has 0 saturated heterocycles. The number of carboxylic acid groups (broad SMARTS) is 1. The van der Waals surface area contributed by atoms with E-state index in [0.29, 0.717) is 0 Å². The number of nitrogens with one attached hydrogen (secondary N) is 2. The fourth-order valence-electron chi connectivity index (χ4n) is 0.869. The summed E-state index contributed by atoms with van der Waals surface area (Å²) in [4.78, 5) is 43.0. The van der Waals surface area contributed by atoms with Crippen LogP contribution >= 0.6 is 0 Å². The van der Waals surface area contributed by atoms with Gasteiger partial charge in [0.1, 0.15) is 12.1 Å². The largest absolute Gasteiger partial charge is 0.480 e. The Morgan fingerprint density at radius 2 is 1.71 bits per heavy atom. The summed E-state index contributed by atoms with van der Waals surface area (Å²) in [5, 5.41) is 12.7. The molecule has 0 fully saturated rings.